The lowest BCUT2D eigenvalue weighted by Gasteiger charge is -2.23. The zero-order valence-electron chi connectivity index (χ0n) is 20.3. The molecule has 0 spiro atoms. The van der Waals surface area contributed by atoms with E-state index in [0.717, 1.165) is 29.8 Å². The molecule has 0 radical (unpaired) electrons. The van der Waals surface area contributed by atoms with Gasteiger partial charge in [0.15, 0.2) is 5.60 Å². The minimum atomic E-state index is -1.04. The smallest absolute Gasteiger partial charge is 0.349 e. The Morgan fingerprint density at radius 1 is 1.00 bits per heavy atom. The lowest BCUT2D eigenvalue weighted by molar-refractivity contribution is -0.156. The van der Waals surface area contributed by atoms with Crippen LogP contribution in [0.15, 0.2) is 47.3 Å². The first-order valence-corrected chi connectivity index (χ1v) is 11.2. The number of carbonyl (C=O) groups is 1. The van der Waals surface area contributed by atoms with E-state index < -0.39 is 11.6 Å². The molecule has 0 amide bonds. The highest BCUT2D eigenvalue weighted by molar-refractivity contribution is 5.78. The van der Waals surface area contributed by atoms with Gasteiger partial charge in [0, 0.05) is 13.5 Å². The molecule has 1 aromatic heterocycles. The Balaban J connectivity index is 1.58. The first-order valence-electron chi connectivity index (χ1n) is 11.2. The lowest BCUT2D eigenvalue weighted by atomic mass is 10.1. The van der Waals surface area contributed by atoms with Crippen LogP contribution in [0.25, 0.3) is 0 Å². The van der Waals surface area contributed by atoms with Gasteiger partial charge < -0.3 is 9.47 Å². The molecule has 0 saturated heterocycles. The first kappa shape index (κ1) is 24.3. The number of rotatable bonds is 9. The Morgan fingerprint density at radius 2 is 1.67 bits per heavy atom. The van der Waals surface area contributed by atoms with Gasteiger partial charge in [0.1, 0.15) is 11.6 Å². The fourth-order valence-electron chi connectivity index (χ4n) is 3.69. The van der Waals surface area contributed by atoms with Crippen LogP contribution in [0.2, 0.25) is 0 Å². The highest BCUT2D eigenvalue weighted by Gasteiger charge is 2.30. The van der Waals surface area contributed by atoms with Crippen LogP contribution in [-0.4, -0.2) is 33.0 Å². The van der Waals surface area contributed by atoms with Crippen molar-refractivity contribution in [1.82, 2.24) is 14.3 Å². The minimum absolute atomic E-state index is 0.0991. The molecule has 3 aromatic rings. The zero-order chi connectivity index (χ0) is 24.2. The van der Waals surface area contributed by atoms with Crippen molar-refractivity contribution in [3.63, 3.8) is 0 Å². The standard InChI is InChI=1S/C26H33N3O4/c1-18-10-11-21(16-19(18)2)17-29-25(31)28(5)23(27-29)9-7-8-20-12-14-22(15-13-20)33-26(3,4)24(30)32-6/h10-16H,7-9,17H2,1-6H3. The third-order valence-electron chi connectivity index (χ3n) is 5.87. The van der Waals surface area contributed by atoms with Gasteiger partial charge in [-0.05, 0) is 74.9 Å². The molecule has 0 fully saturated rings. The van der Waals surface area contributed by atoms with Crippen LogP contribution in [0.4, 0.5) is 0 Å². The van der Waals surface area contributed by atoms with E-state index >= 15 is 0 Å². The zero-order valence-corrected chi connectivity index (χ0v) is 20.3. The second-order valence-electron chi connectivity index (χ2n) is 8.94. The predicted molar refractivity (Wildman–Crippen MR) is 128 cm³/mol. The number of nitrogens with zero attached hydrogens (tertiary/aromatic N) is 3. The molecule has 7 heteroatoms. The summed E-state index contributed by atoms with van der Waals surface area (Å²) in [4.78, 5) is 24.4. The van der Waals surface area contributed by atoms with E-state index in [9.17, 15) is 9.59 Å². The second-order valence-corrected chi connectivity index (χ2v) is 8.94. The quantitative estimate of drug-likeness (QED) is 0.463. The Hall–Kier alpha value is -3.35. The van der Waals surface area contributed by atoms with Crippen molar-refractivity contribution in [2.24, 2.45) is 7.05 Å². The van der Waals surface area contributed by atoms with E-state index in [1.165, 1.54) is 22.9 Å². The van der Waals surface area contributed by atoms with Crippen LogP contribution >= 0.6 is 0 Å². The SMILES string of the molecule is COC(=O)C(C)(C)Oc1ccc(CCCc2nn(Cc3ccc(C)c(C)c3)c(=O)n2C)cc1. The summed E-state index contributed by atoms with van der Waals surface area (Å²) in [5.74, 6) is 0.972. The topological polar surface area (TPSA) is 75.3 Å². The number of esters is 1. The highest BCUT2D eigenvalue weighted by Crippen LogP contribution is 2.21. The molecular weight excluding hydrogens is 418 g/mol. The molecule has 2 aromatic carbocycles. The number of ether oxygens (including phenoxy) is 2. The molecule has 0 aliphatic heterocycles. The summed E-state index contributed by atoms with van der Waals surface area (Å²) in [6.07, 6.45) is 2.42. The van der Waals surface area contributed by atoms with E-state index in [0.29, 0.717) is 18.7 Å². The third-order valence-corrected chi connectivity index (χ3v) is 5.87. The van der Waals surface area contributed by atoms with Gasteiger partial charge in [0.2, 0.25) is 0 Å². The summed E-state index contributed by atoms with van der Waals surface area (Å²) in [6, 6.07) is 13.9. The van der Waals surface area contributed by atoms with Crippen molar-refractivity contribution in [3.05, 3.63) is 81.0 Å². The summed E-state index contributed by atoms with van der Waals surface area (Å²) in [6.45, 7) is 7.97. The number of hydrogen-bond donors (Lipinski definition) is 0. The van der Waals surface area contributed by atoms with Crippen molar-refractivity contribution in [3.8, 4) is 5.75 Å². The van der Waals surface area contributed by atoms with Crippen LogP contribution < -0.4 is 10.4 Å². The number of carbonyl (C=O) groups excluding carboxylic acids is 1. The van der Waals surface area contributed by atoms with Crippen molar-refractivity contribution in [1.29, 1.82) is 0 Å². The number of benzene rings is 2. The van der Waals surface area contributed by atoms with Gasteiger partial charge in [-0.2, -0.15) is 5.10 Å². The summed E-state index contributed by atoms with van der Waals surface area (Å²) in [5.41, 5.74) is 3.52. The Kier molecular flexibility index (Phi) is 7.41. The fourth-order valence-corrected chi connectivity index (χ4v) is 3.69. The minimum Gasteiger partial charge on any atom is -0.476 e. The first-order chi connectivity index (χ1) is 15.6. The molecule has 0 unspecified atom stereocenters. The van der Waals surface area contributed by atoms with Crippen LogP contribution in [-0.2, 0) is 36.0 Å². The summed E-state index contributed by atoms with van der Waals surface area (Å²) >= 11 is 0. The molecule has 0 saturated carbocycles. The van der Waals surface area contributed by atoms with Gasteiger partial charge in [-0.3, -0.25) is 4.57 Å². The maximum Gasteiger partial charge on any atom is 0.349 e. The number of aromatic nitrogens is 3. The van der Waals surface area contributed by atoms with E-state index in [-0.39, 0.29) is 5.69 Å². The van der Waals surface area contributed by atoms with E-state index in [4.69, 9.17) is 9.47 Å². The van der Waals surface area contributed by atoms with Crippen LogP contribution in [0, 0.1) is 13.8 Å². The Labute approximate surface area is 195 Å². The van der Waals surface area contributed by atoms with Gasteiger partial charge in [-0.25, -0.2) is 14.3 Å². The average molecular weight is 452 g/mol. The van der Waals surface area contributed by atoms with Gasteiger partial charge in [-0.1, -0.05) is 30.3 Å². The maximum atomic E-state index is 12.6. The average Bonchev–Trinajstić information content (AvgIpc) is 3.04. The van der Waals surface area contributed by atoms with Crippen LogP contribution in [0.1, 0.15) is 48.3 Å². The molecule has 33 heavy (non-hydrogen) atoms. The second kappa shape index (κ2) is 10.1. The van der Waals surface area contributed by atoms with Gasteiger partial charge >= 0.3 is 11.7 Å². The summed E-state index contributed by atoms with van der Waals surface area (Å²) in [5, 5.41) is 4.57. The Bertz CT molecular complexity index is 1170. The van der Waals surface area contributed by atoms with E-state index in [1.807, 2.05) is 30.3 Å². The van der Waals surface area contributed by atoms with Gasteiger partial charge in [-0.15, -0.1) is 0 Å². The molecule has 7 nitrogen and oxygen atoms in total. The van der Waals surface area contributed by atoms with Crippen molar-refractivity contribution >= 4 is 5.97 Å². The van der Waals surface area contributed by atoms with E-state index in [2.05, 4.69) is 31.1 Å². The third kappa shape index (κ3) is 5.92. The van der Waals surface area contributed by atoms with Crippen molar-refractivity contribution in [2.45, 2.75) is 59.1 Å². The maximum absolute atomic E-state index is 12.6. The molecule has 1 heterocycles. The van der Waals surface area contributed by atoms with Gasteiger partial charge in [0.05, 0.1) is 13.7 Å². The molecule has 3 rings (SSSR count). The number of hydrogen-bond acceptors (Lipinski definition) is 5. The van der Waals surface area contributed by atoms with Gasteiger partial charge in [0.25, 0.3) is 0 Å². The van der Waals surface area contributed by atoms with Crippen LogP contribution in [0.5, 0.6) is 5.75 Å². The fraction of sp³-hybridized carbons (Fsp3) is 0.423. The largest absolute Gasteiger partial charge is 0.476 e. The molecule has 0 aliphatic rings. The van der Waals surface area contributed by atoms with Crippen molar-refractivity contribution in [2.75, 3.05) is 7.11 Å². The van der Waals surface area contributed by atoms with Crippen molar-refractivity contribution < 1.29 is 14.3 Å². The molecule has 0 atom stereocenters. The normalized spacial score (nSPS) is 11.5. The lowest BCUT2D eigenvalue weighted by Crippen LogP contribution is -2.39. The molecule has 0 N–H and O–H groups in total. The number of methoxy groups -OCH3 is 1. The molecular formula is C26H33N3O4. The van der Waals surface area contributed by atoms with E-state index in [1.54, 1.807) is 25.5 Å². The monoisotopic (exact) mass is 451 g/mol. The molecule has 176 valence electrons. The van der Waals surface area contributed by atoms with Crippen LogP contribution in [0.3, 0.4) is 0 Å². The molecule has 0 bridgehead atoms. The summed E-state index contributed by atoms with van der Waals surface area (Å²) < 4.78 is 13.7. The number of aryl methyl sites for hydroxylation is 4. The molecule has 0 aliphatic carbocycles. The highest BCUT2D eigenvalue weighted by atomic mass is 16.6. The predicted octanol–water partition coefficient (Wildman–Crippen LogP) is 3.75. The summed E-state index contributed by atoms with van der Waals surface area (Å²) in [7, 11) is 3.12. The Morgan fingerprint density at radius 3 is 2.30 bits per heavy atom.